The summed E-state index contributed by atoms with van der Waals surface area (Å²) in [6.07, 6.45) is 0. The van der Waals surface area contributed by atoms with Gasteiger partial charge in [0.2, 0.25) is 0 Å². The first-order valence-corrected chi connectivity index (χ1v) is 17.4. The van der Waals surface area contributed by atoms with Crippen molar-refractivity contribution in [2.45, 2.75) is 19.3 Å². The lowest BCUT2D eigenvalue weighted by Gasteiger charge is -2.27. The van der Waals surface area contributed by atoms with Gasteiger partial charge in [-0.1, -0.05) is 159 Å². The molecule has 1 aliphatic rings. The predicted octanol–water partition coefficient (Wildman–Crippen LogP) is 13.6. The Morgan fingerprint density at radius 2 is 0.900 bits per heavy atom. The highest BCUT2D eigenvalue weighted by Crippen LogP contribution is 2.52. The SMILES string of the molecule is CC1(C)c2ccccc2-c2c(-c3cccc(N(c4ccc(-c5cccc(-c6ccccc6)c5)cc4)c4ccc5ccccc5c4)c3)cccc21. The number of benzene rings is 8. The van der Waals surface area contributed by atoms with Crippen LogP contribution in [0.3, 0.4) is 0 Å². The van der Waals surface area contributed by atoms with Gasteiger partial charge in [0.15, 0.2) is 0 Å². The van der Waals surface area contributed by atoms with Crippen molar-refractivity contribution in [3.05, 3.63) is 199 Å². The first kappa shape index (κ1) is 29.9. The molecule has 0 saturated heterocycles. The van der Waals surface area contributed by atoms with E-state index in [4.69, 9.17) is 0 Å². The van der Waals surface area contributed by atoms with Crippen molar-refractivity contribution in [3.63, 3.8) is 0 Å². The van der Waals surface area contributed by atoms with Crippen LogP contribution in [-0.4, -0.2) is 0 Å². The van der Waals surface area contributed by atoms with E-state index in [1.807, 2.05) is 0 Å². The van der Waals surface area contributed by atoms with Crippen LogP contribution in [0.25, 0.3) is 55.3 Å². The van der Waals surface area contributed by atoms with E-state index < -0.39 is 0 Å². The van der Waals surface area contributed by atoms with E-state index in [9.17, 15) is 0 Å². The molecule has 0 unspecified atom stereocenters. The van der Waals surface area contributed by atoms with Crippen molar-refractivity contribution in [1.29, 1.82) is 0 Å². The molecule has 1 nitrogen and oxygen atoms in total. The van der Waals surface area contributed by atoms with Gasteiger partial charge in [0.05, 0.1) is 0 Å². The van der Waals surface area contributed by atoms with E-state index in [1.54, 1.807) is 0 Å². The van der Waals surface area contributed by atoms with Crippen molar-refractivity contribution in [1.82, 2.24) is 0 Å². The second kappa shape index (κ2) is 12.1. The van der Waals surface area contributed by atoms with Crippen molar-refractivity contribution in [3.8, 4) is 44.5 Å². The minimum absolute atomic E-state index is 0.0426. The van der Waals surface area contributed by atoms with Crippen molar-refractivity contribution < 1.29 is 0 Å². The molecule has 0 heterocycles. The lowest BCUT2D eigenvalue weighted by atomic mass is 9.82. The molecule has 0 bridgehead atoms. The van der Waals surface area contributed by atoms with Gasteiger partial charge in [-0.3, -0.25) is 0 Å². The van der Waals surface area contributed by atoms with Gasteiger partial charge in [0, 0.05) is 22.5 Å². The van der Waals surface area contributed by atoms with E-state index in [0.29, 0.717) is 0 Å². The quantitative estimate of drug-likeness (QED) is 0.175. The zero-order valence-corrected chi connectivity index (χ0v) is 28.3. The second-order valence-electron chi connectivity index (χ2n) is 13.8. The van der Waals surface area contributed by atoms with Crippen molar-refractivity contribution >= 4 is 27.8 Å². The summed E-state index contributed by atoms with van der Waals surface area (Å²) in [6, 6.07) is 68.6. The minimum Gasteiger partial charge on any atom is -0.310 e. The fraction of sp³-hybridized carbons (Fsp3) is 0.0612. The Morgan fingerprint density at radius 1 is 0.340 bits per heavy atom. The third kappa shape index (κ3) is 5.11. The van der Waals surface area contributed by atoms with E-state index in [2.05, 4.69) is 207 Å². The van der Waals surface area contributed by atoms with Crippen LogP contribution in [0.4, 0.5) is 17.1 Å². The fourth-order valence-electron chi connectivity index (χ4n) is 7.88. The summed E-state index contributed by atoms with van der Waals surface area (Å²) >= 11 is 0. The third-order valence-electron chi connectivity index (χ3n) is 10.4. The summed E-state index contributed by atoms with van der Waals surface area (Å²) in [5.41, 5.74) is 16.1. The number of hydrogen-bond donors (Lipinski definition) is 0. The van der Waals surface area contributed by atoms with Crippen LogP contribution in [0.2, 0.25) is 0 Å². The van der Waals surface area contributed by atoms with Crippen LogP contribution in [-0.2, 0) is 5.41 Å². The minimum atomic E-state index is -0.0426. The average Bonchev–Trinajstić information content (AvgIpc) is 3.42. The Hall–Kier alpha value is -6.18. The molecule has 8 aromatic carbocycles. The summed E-state index contributed by atoms with van der Waals surface area (Å²) in [6.45, 7) is 4.70. The highest BCUT2D eigenvalue weighted by atomic mass is 15.1. The highest BCUT2D eigenvalue weighted by Gasteiger charge is 2.36. The number of nitrogens with zero attached hydrogens (tertiary/aromatic N) is 1. The molecule has 8 aromatic rings. The van der Waals surface area contributed by atoms with E-state index in [-0.39, 0.29) is 5.41 Å². The Labute approximate surface area is 294 Å². The molecule has 9 rings (SSSR count). The van der Waals surface area contributed by atoms with Crippen LogP contribution in [0.5, 0.6) is 0 Å². The number of rotatable bonds is 6. The molecular formula is C49H37N. The lowest BCUT2D eigenvalue weighted by Crippen LogP contribution is -2.14. The van der Waals surface area contributed by atoms with Gasteiger partial charge < -0.3 is 4.90 Å². The summed E-state index contributed by atoms with van der Waals surface area (Å²) < 4.78 is 0. The van der Waals surface area contributed by atoms with E-state index in [1.165, 1.54) is 66.4 Å². The molecule has 0 atom stereocenters. The molecule has 0 radical (unpaired) electrons. The molecule has 50 heavy (non-hydrogen) atoms. The molecule has 1 heteroatoms. The summed E-state index contributed by atoms with van der Waals surface area (Å²) in [5.74, 6) is 0. The molecule has 0 N–H and O–H groups in total. The lowest BCUT2D eigenvalue weighted by molar-refractivity contribution is 0.660. The number of anilines is 3. The predicted molar refractivity (Wildman–Crippen MR) is 213 cm³/mol. The van der Waals surface area contributed by atoms with Gasteiger partial charge in [0.1, 0.15) is 0 Å². The normalized spacial score (nSPS) is 12.8. The molecule has 0 saturated carbocycles. The fourth-order valence-corrected chi connectivity index (χ4v) is 7.88. The maximum Gasteiger partial charge on any atom is 0.0468 e. The van der Waals surface area contributed by atoms with Crippen LogP contribution in [0.1, 0.15) is 25.0 Å². The van der Waals surface area contributed by atoms with Gasteiger partial charge in [-0.2, -0.15) is 0 Å². The molecule has 0 aromatic heterocycles. The molecule has 0 aliphatic heterocycles. The van der Waals surface area contributed by atoms with Gasteiger partial charge in [-0.15, -0.1) is 0 Å². The number of hydrogen-bond acceptors (Lipinski definition) is 1. The van der Waals surface area contributed by atoms with Crippen molar-refractivity contribution in [2.24, 2.45) is 0 Å². The van der Waals surface area contributed by atoms with Crippen molar-refractivity contribution in [2.75, 3.05) is 4.90 Å². The molecule has 238 valence electrons. The molecule has 1 aliphatic carbocycles. The zero-order chi connectivity index (χ0) is 33.7. The summed E-state index contributed by atoms with van der Waals surface area (Å²) in [5, 5.41) is 2.46. The van der Waals surface area contributed by atoms with Crippen LogP contribution in [0, 0.1) is 0 Å². The molecular weight excluding hydrogens is 603 g/mol. The summed E-state index contributed by atoms with van der Waals surface area (Å²) in [7, 11) is 0. The van der Waals surface area contributed by atoms with Crippen LogP contribution >= 0.6 is 0 Å². The average molecular weight is 640 g/mol. The second-order valence-corrected chi connectivity index (χ2v) is 13.8. The standard InChI is InChI=1S/C49H37N/c1-49(2)46-23-9-8-21-45(46)48-44(22-12-24-47(48)49)40-19-11-20-42(33-40)50(43-30-27-35-15-6-7-16-39(35)32-43)41-28-25-36(26-29-41)38-18-10-17-37(31-38)34-13-4-3-5-14-34/h3-33H,1-2H3. The monoisotopic (exact) mass is 639 g/mol. The topological polar surface area (TPSA) is 3.24 Å². The first-order chi connectivity index (χ1) is 24.5. The van der Waals surface area contributed by atoms with Gasteiger partial charge in [-0.25, -0.2) is 0 Å². The maximum absolute atomic E-state index is 2.39. The Morgan fingerprint density at radius 3 is 1.72 bits per heavy atom. The Bertz CT molecular complexity index is 2510. The van der Waals surface area contributed by atoms with Crippen LogP contribution in [0.15, 0.2) is 188 Å². The van der Waals surface area contributed by atoms with E-state index in [0.717, 1.165) is 17.1 Å². The zero-order valence-electron chi connectivity index (χ0n) is 28.3. The largest absolute Gasteiger partial charge is 0.310 e. The van der Waals surface area contributed by atoms with Crippen LogP contribution < -0.4 is 4.90 Å². The first-order valence-electron chi connectivity index (χ1n) is 17.4. The van der Waals surface area contributed by atoms with Gasteiger partial charge >= 0.3 is 0 Å². The third-order valence-corrected chi connectivity index (χ3v) is 10.4. The Balaban J connectivity index is 1.16. The van der Waals surface area contributed by atoms with Gasteiger partial charge in [-0.05, 0) is 109 Å². The molecule has 0 spiro atoms. The van der Waals surface area contributed by atoms with E-state index >= 15 is 0 Å². The highest BCUT2D eigenvalue weighted by molar-refractivity contribution is 5.94. The number of fused-ring (bicyclic) bond motifs is 4. The summed E-state index contributed by atoms with van der Waals surface area (Å²) in [4.78, 5) is 2.39. The van der Waals surface area contributed by atoms with Gasteiger partial charge in [0.25, 0.3) is 0 Å². The Kier molecular flexibility index (Phi) is 7.21. The molecule has 0 amide bonds. The molecule has 0 fully saturated rings. The maximum atomic E-state index is 2.39. The smallest absolute Gasteiger partial charge is 0.0468 e.